The van der Waals surface area contributed by atoms with Crippen molar-refractivity contribution in [1.82, 2.24) is 0 Å². The minimum absolute atomic E-state index is 0.0974. The number of benzene rings is 1. The maximum Gasteiger partial charge on any atom is 0.126 e. The van der Waals surface area contributed by atoms with Crippen LogP contribution < -0.4 is 5.73 Å². The van der Waals surface area contributed by atoms with Gasteiger partial charge >= 0.3 is 0 Å². The summed E-state index contributed by atoms with van der Waals surface area (Å²) in [6, 6.07) is 4.58. The Labute approximate surface area is 94.0 Å². The first-order chi connectivity index (χ1) is 7.60. The highest BCUT2D eigenvalue weighted by molar-refractivity contribution is 5.34. The highest BCUT2D eigenvalue weighted by Crippen LogP contribution is 2.35. The standard InChI is InChI=1S/C12H16FNO2/c1-8-4-9(2-3-10(8)13)12(6-16-7-12)11(14)5-15/h2-4,11,15H,5-7,14H2,1H3. The molecule has 3 N–H and O–H groups in total. The van der Waals surface area contributed by atoms with E-state index in [0.29, 0.717) is 18.8 Å². The van der Waals surface area contributed by atoms with Crippen molar-refractivity contribution in [3.63, 3.8) is 0 Å². The topological polar surface area (TPSA) is 55.5 Å². The number of nitrogens with two attached hydrogens (primary N) is 1. The van der Waals surface area contributed by atoms with Gasteiger partial charge in [0.1, 0.15) is 5.82 Å². The number of ether oxygens (including phenoxy) is 1. The minimum atomic E-state index is -0.369. The first-order valence-electron chi connectivity index (χ1n) is 5.31. The molecule has 2 rings (SSSR count). The predicted octanol–water partition coefficient (Wildman–Crippen LogP) is 0.722. The molecule has 0 radical (unpaired) electrons. The summed E-state index contributed by atoms with van der Waals surface area (Å²) in [4.78, 5) is 0. The Kier molecular flexibility index (Phi) is 2.97. The van der Waals surface area contributed by atoms with Gasteiger partial charge in [0.05, 0.1) is 25.2 Å². The zero-order chi connectivity index (χ0) is 11.8. The number of aryl methyl sites for hydroxylation is 1. The van der Waals surface area contributed by atoms with Gasteiger partial charge in [-0.3, -0.25) is 0 Å². The molecule has 16 heavy (non-hydrogen) atoms. The van der Waals surface area contributed by atoms with Crippen LogP contribution in [0.25, 0.3) is 0 Å². The van der Waals surface area contributed by atoms with Crippen LogP contribution in [0.2, 0.25) is 0 Å². The molecule has 1 aliphatic rings. The van der Waals surface area contributed by atoms with E-state index >= 15 is 0 Å². The van der Waals surface area contributed by atoms with Gasteiger partial charge in [0.2, 0.25) is 0 Å². The van der Waals surface area contributed by atoms with Crippen LogP contribution in [0.3, 0.4) is 0 Å². The van der Waals surface area contributed by atoms with Crippen LogP contribution in [0.5, 0.6) is 0 Å². The third kappa shape index (κ3) is 1.63. The normalized spacial score (nSPS) is 20.2. The zero-order valence-corrected chi connectivity index (χ0v) is 9.24. The van der Waals surface area contributed by atoms with Crippen LogP contribution in [0, 0.1) is 12.7 Å². The van der Waals surface area contributed by atoms with Gasteiger partial charge in [-0.05, 0) is 24.1 Å². The number of hydrogen-bond acceptors (Lipinski definition) is 3. The average molecular weight is 225 g/mol. The fourth-order valence-corrected chi connectivity index (χ4v) is 2.05. The molecule has 0 spiro atoms. The third-order valence-electron chi connectivity index (χ3n) is 3.36. The van der Waals surface area contributed by atoms with E-state index in [1.54, 1.807) is 19.1 Å². The number of aliphatic hydroxyl groups excluding tert-OH is 1. The average Bonchev–Trinajstić information content (AvgIpc) is 2.21. The molecule has 0 aromatic heterocycles. The lowest BCUT2D eigenvalue weighted by molar-refractivity contribution is -0.0798. The molecule has 1 unspecified atom stereocenters. The number of rotatable bonds is 3. The largest absolute Gasteiger partial charge is 0.395 e. The van der Waals surface area contributed by atoms with Crippen LogP contribution in [-0.4, -0.2) is 31.0 Å². The Bertz CT molecular complexity index is 391. The summed E-state index contributed by atoms with van der Waals surface area (Å²) in [5.74, 6) is -0.225. The van der Waals surface area contributed by atoms with Crippen LogP contribution in [0.15, 0.2) is 18.2 Å². The molecule has 1 fully saturated rings. The van der Waals surface area contributed by atoms with E-state index in [9.17, 15) is 4.39 Å². The van der Waals surface area contributed by atoms with Gasteiger partial charge in [-0.2, -0.15) is 0 Å². The maximum atomic E-state index is 13.2. The number of aliphatic hydroxyl groups is 1. The Balaban J connectivity index is 2.37. The Morgan fingerprint density at radius 2 is 2.25 bits per heavy atom. The molecule has 1 atom stereocenters. The van der Waals surface area contributed by atoms with Crippen LogP contribution in [0.1, 0.15) is 11.1 Å². The van der Waals surface area contributed by atoms with Crippen molar-refractivity contribution in [3.05, 3.63) is 35.1 Å². The maximum absolute atomic E-state index is 13.2. The first-order valence-corrected chi connectivity index (χ1v) is 5.31. The van der Waals surface area contributed by atoms with E-state index < -0.39 is 0 Å². The van der Waals surface area contributed by atoms with Crippen molar-refractivity contribution < 1.29 is 14.2 Å². The summed E-state index contributed by atoms with van der Waals surface area (Å²) in [7, 11) is 0. The summed E-state index contributed by atoms with van der Waals surface area (Å²) < 4.78 is 18.4. The SMILES string of the molecule is Cc1cc(C2(C(N)CO)COC2)ccc1F. The second-order valence-electron chi connectivity index (χ2n) is 4.40. The molecule has 0 saturated carbocycles. The van der Waals surface area contributed by atoms with E-state index in [2.05, 4.69) is 0 Å². The van der Waals surface area contributed by atoms with E-state index in [4.69, 9.17) is 15.6 Å². The second-order valence-corrected chi connectivity index (χ2v) is 4.40. The predicted molar refractivity (Wildman–Crippen MR) is 58.7 cm³/mol. The van der Waals surface area contributed by atoms with Gasteiger partial charge in [-0.25, -0.2) is 4.39 Å². The van der Waals surface area contributed by atoms with Crippen LogP contribution >= 0.6 is 0 Å². The molecular formula is C12H16FNO2. The molecule has 1 aromatic rings. The summed E-state index contributed by atoms with van der Waals surface area (Å²) >= 11 is 0. The molecule has 1 heterocycles. The highest BCUT2D eigenvalue weighted by Gasteiger charge is 2.45. The van der Waals surface area contributed by atoms with Gasteiger partial charge < -0.3 is 15.6 Å². The number of hydrogen-bond donors (Lipinski definition) is 2. The van der Waals surface area contributed by atoms with Crippen molar-refractivity contribution in [1.29, 1.82) is 0 Å². The fraction of sp³-hybridized carbons (Fsp3) is 0.500. The molecule has 3 nitrogen and oxygen atoms in total. The van der Waals surface area contributed by atoms with Gasteiger partial charge in [-0.15, -0.1) is 0 Å². The van der Waals surface area contributed by atoms with Gasteiger partial charge in [0, 0.05) is 6.04 Å². The van der Waals surface area contributed by atoms with Crippen molar-refractivity contribution in [2.45, 2.75) is 18.4 Å². The lowest BCUT2D eigenvalue weighted by Crippen LogP contribution is -2.60. The molecule has 4 heteroatoms. The van der Waals surface area contributed by atoms with E-state index in [1.807, 2.05) is 0 Å². The van der Waals surface area contributed by atoms with Gasteiger partial charge in [0.25, 0.3) is 0 Å². The Hall–Kier alpha value is -0.970. The first kappa shape index (κ1) is 11.5. The molecule has 88 valence electrons. The Morgan fingerprint density at radius 1 is 1.56 bits per heavy atom. The van der Waals surface area contributed by atoms with E-state index in [1.165, 1.54) is 6.07 Å². The number of halogens is 1. The molecule has 1 aliphatic heterocycles. The fourth-order valence-electron chi connectivity index (χ4n) is 2.05. The van der Waals surface area contributed by atoms with Crippen LogP contribution in [-0.2, 0) is 10.2 Å². The molecule has 1 saturated heterocycles. The van der Waals surface area contributed by atoms with Crippen molar-refractivity contribution >= 4 is 0 Å². The summed E-state index contributed by atoms with van der Waals surface area (Å²) in [6.07, 6.45) is 0. The third-order valence-corrected chi connectivity index (χ3v) is 3.36. The quantitative estimate of drug-likeness (QED) is 0.797. The minimum Gasteiger partial charge on any atom is -0.395 e. The van der Waals surface area contributed by atoms with Crippen LogP contribution in [0.4, 0.5) is 4.39 Å². The molecule has 0 aliphatic carbocycles. The van der Waals surface area contributed by atoms with E-state index in [-0.39, 0.29) is 23.9 Å². The Morgan fingerprint density at radius 3 is 2.69 bits per heavy atom. The van der Waals surface area contributed by atoms with Crippen molar-refractivity contribution in [2.75, 3.05) is 19.8 Å². The lowest BCUT2D eigenvalue weighted by Gasteiger charge is -2.45. The zero-order valence-electron chi connectivity index (χ0n) is 9.24. The smallest absolute Gasteiger partial charge is 0.126 e. The summed E-state index contributed by atoms with van der Waals surface area (Å²) in [5, 5.41) is 9.17. The van der Waals surface area contributed by atoms with Crippen molar-refractivity contribution in [2.24, 2.45) is 5.73 Å². The summed E-state index contributed by atoms with van der Waals surface area (Å²) in [5.41, 5.74) is 7.09. The van der Waals surface area contributed by atoms with Crippen molar-refractivity contribution in [3.8, 4) is 0 Å². The van der Waals surface area contributed by atoms with Gasteiger partial charge in [-0.1, -0.05) is 12.1 Å². The lowest BCUT2D eigenvalue weighted by atomic mass is 9.72. The highest BCUT2D eigenvalue weighted by atomic mass is 19.1. The molecule has 0 bridgehead atoms. The second kappa shape index (κ2) is 4.13. The monoisotopic (exact) mass is 225 g/mol. The van der Waals surface area contributed by atoms with Gasteiger partial charge in [0.15, 0.2) is 0 Å². The molecule has 1 aromatic carbocycles. The van der Waals surface area contributed by atoms with E-state index in [0.717, 1.165) is 5.56 Å². The molecular weight excluding hydrogens is 209 g/mol. The molecule has 0 amide bonds. The summed E-state index contributed by atoms with van der Waals surface area (Å²) in [6.45, 7) is 2.59.